The Hall–Kier alpha value is -3.23. The molecule has 1 aromatic heterocycles. The predicted molar refractivity (Wildman–Crippen MR) is 103 cm³/mol. The van der Waals surface area contributed by atoms with Gasteiger partial charge in [-0.15, -0.1) is 0 Å². The largest absolute Gasteiger partial charge is 0.325 e. The molecule has 0 atom stereocenters. The third-order valence-corrected chi connectivity index (χ3v) is 3.91. The molecule has 0 spiro atoms. The SMILES string of the molecule is O=C(CNCn1cnc2ccccc2c1=O)NC(=O)Nc1ccc(Cl)cc1. The van der Waals surface area contributed by atoms with E-state index in [1.165, 1.54) is 10.9 Å². The van der Waals surface area contributed by atoms with Crippen LogP contribution < -0.4 is 21.5 Å². The second-order valence-corrected chi connectivity index (χ2v) is 6.07. The Balaban J connectivity index is 1.49. The predicted octanol–water partition coefficient (Wildman–Crippen LogP) is 1.95. The fourth-order valence-corrected chi connectivity index (χ4v) is 2.50. The summed E-state index contributed by atoms with van der Waals surface area (Å²) < 4.78 is 1.35. The quantitative estimate of drug-likeness (QED) is 0.622. The van der Waals surface area contributed by atoms with Gasteiger partial charge in [0.05, 0.1) is 30.4 Å². The monoisotopic (exact) mass is 385 g/mol. The van der Waals surface area contributed by atoms with E-state index in [0.717, 1.165) is 0 Å². The van der Waals surface area contributed by atoms with Gasteiger partial charge >= 0.3 is 6.03 Å². The van der Waals surface area contributed by atoms with Crippen molar-refractivity contribution in [2.45, 2.75) is 6.67 Å². The van der Waals surface area contributed by atoms with Gasteiger partial charge in [0.25, 0.3) is 5.56 Å². The van der Waals surface area contributed by atoms with Crippen LogP contribution in [0.25, 0.3) is 10.9 Å². The number of rotatable bonds is 5. The number of imide groups is 1. The fraction of sp³-hybridized carbons (Fsp3) is 0.111. The molecule has 138 valence electrons. The molecule has 1 heterocycles. The van der Waals surface area contributed by atoms with E-state index in [0.29, 0.717) is 21.6 Å². The number of hydrogen-bond donors (Lipinski definition) is 3. The minimum Gasteiger partial charge on any atom is -0.308 e. The molecule has 0 aliphatic heterocycles. The van der Waals surface area contributed by atoms with Crippen molar-refractivity contribution in [3.8, 4) is 0 Å². The van der Waals surface area contributed by atoms with Gasteiger partial charge in [-0.05, 0) is 36.4 Å². The lowest BCUT2D eigenvalue weighted by atomic mass is 10.2. The van der Waals surface area contributed by atoms with Gasteiger partial charge in [0.2, 0.25) is 5.91 Å². The molecule has 0 bridgehead atoms. The van der Waals surface area contributed by atoms with Crippen molar-refractivity contribution in [2.24, 2.45) is 0 Å². The van der Waals surface area contributed by atoms with Crippen LogP contribution in [0.15, 0.2) is 59.7 Å². The van der Waals surface area contributed by atoms with Gasteiger partial charge in [0.1, 0.15) is 0 Å². The van der Waals surface area contributed by atoms with Gasteiger partial charge in [-0.1, -0.05) is 23.7 Å². The number of hydrogen-bond acceptors (Lipinski definition) is 5. The molecule has 0 aliphatic carbocycles. The number of nitrogens with one attached hydrogen (secondary N) is 3. The first kappa shape index (κ1) is 18.6. The summed E-state index contributed by atoms with van der Waals surface area (Å²) in [4.78, 5) is 40.1. The summed E-state index contributed by atoms with van der Waals surface area (Å²) in [5.41, 5.74) is 0.899. The summed E-state index contributed by atoms with van der Waals surface area (Å²) in [6, 6.07) is 12.8. The number of para-hydroxylation sites is 1. The molecule has 3 N–H and O–H groups in total. The van der Waals surface area contributed by atoms with Crippen LogP contribution in [0.1, 0.15) is 0 Å². The van der Waals surface area contributed by atoms with E-state index in [2.05, 4.69) is 20.9 Å². The van der Waals surface area contributed by atoms with Gasteiger partial charge < -0.3 is 5.32 Å². The zero-order chi connectivity index (χ0) is 19.2. The van der Waals surface area contributed by atoms with Crippen LogP contribution in [-0.2, 0) is 11.5 Å². The van der Waals surface area contributed by atoms with Gasteiger partial charge in [-0.25, -0.2) is 9.78 Å². The summed E-state index contributed by atoms with van der Waals surface area (Å²) >= 11 is 5.76. The Morgan fingerprint density at radius 2 is 1.81 bits per heavy atom. The van der Waals surface area contributed by atoms with E-state index in [1.54, 1.807) is 48.5 Å². The zero-order valence-electron chi connectivity index (χ0n) is 14.1. The molecule has 0 fully saturated rings. The molecule has 27 heavy (non-hydrogen) atoms. The second kappa shape index (κ2) is 8.43. The maximum absolute atomic E-state index is 12.3. The van der Waals surface area contributed by atoms with Crippen molar-refractivity contribution in [3.05, 3.63) is 70.2 Å². The highest BCUT2D eigenvalue weighted by atomic mass is 35.5. The third kappa shape index (κ3) is 4.90. The Bertz CT molecular complexity index is 1030. The number of fused-ring (bicyclic) bond motifs is 1. The van der Waals surface area contributed by atoms with Crippen LogP contribution in [0.5, 0.6) is 0 Å². The molecule has 3 rings (SSSR count). The number of amides is 3. The normalized spacial score (nSPS) is 10.6. The lowest BCUT2D eigenvalue weighted by molar-refractivity contribution is -0.119. The first-order valence-corrected chi connectivity index (χ1v) is 8.42. The van der Waals surface area contributed by atoms with Crippen molar-refractivity contribution in [1.82, 2.24) is 20.2 Å². The van der Waals surface area contributed by atoms with Crippen molar-refractivity contribution >= 4 is 40.1 Å². The van der Waals surface area contributed by atoms with E-state index < -0.39 is 11.9 Å². The summed E-state index contributed by atoms with van der Waals surface area (Å²) in [7, 11) is 0. The van der Waals surface area contributed by atoms with E-state index in [4.69, 9.17) is 11.6 Å². The highest BCUT2D eigenvalue weighted by molar-refractivity contribution is 6.30. The number of nitrogens with zero attached hydrogens (tertiary/aromatic N) is 2. The summed E-state index contributed by atoms with van der Waals surface area (Å²) in [6.45, 7) is -0.0593. The minimum absolute atomic E-state index is 0.0862. The molecule has 2 aromatic carbocycles. The van der Waals surface area contributed by atoms with E-state index >= 15 is 0 Å². The van der Waals surface area contributed by atoms with Crippen LogP contribution in [0, 0.1) is 0 Å². The molecule has 3 amide bonds. The lowest BCUT2D eigenvalue weighted by Gasteiger charge is -2.09. The highest BCUT2D eigenvalue weighted by Crippen LogP contribution is 2.12. The van der Waals surface area contributed by atoms with Gasteiger partial charge in [0.15, 0.2) is 0 Å². The topological polar surface area (TPSA) is 105 Å². The Labute approximate surface area is 159 Å². The van der Waals surface area contributed by atoms with Crippen LogP contribution in [-0.4, -0.2) is 28.0 Å². The molecule has 0 radical (unpaired) electrons. The van der Waals surface area contributed by atoms with Gasteiger partial charge in [-0.3, -0.25) is 24.8 Å². The Kier molecular flexibility index (Phi) is 5.80. The average Bonchev–Trinajstić information content (AvgIpc) is 2.65. The molecule has 8 nitrogen and oxygen atoms in total. The molecule has 0 saturated heterocycles. The molecule has 9 heteroatoms. The fourth-order valence-electron chi connectivity index (χ4n) is 2.38. The number of anilines is 1. The Morgan fingerprint density at radius 3 is 2.59 bits per heavy atom. The number of benzene rings is 2. The van der Waals surface area contributed by atoms with Crippen molar-refractivity contribution in [3.63, 3.8) is 0 Å². The van der Waals surface area contributed by atoms with Crippen LogP contribution in [0.2, 0.25) is 5.02 Å². The highest BCUT2D eigenvalue weighted by Gasteiger charge is 2.08. The van der Waals surface area contributed by atoms with Crippen molar-refractivity contribution < 1.29 is 9.59 Å². The first-order valence-electron chi connectivity index (χ1n) is 8.04. The van der Waals surface area contributed by atoms with Crippen molar-refractivity contribution in [1.29, 1.82) is 0 Å². The van der Waals surface area contributed by atoms with Crippen LogP contribution in [0.3, 0.4) is 0 Å². The minimum atomic E-state index is -0.659. The van der Waals surface area contributed by atoms with Crippen molar-refractivity contribution in [2.75, 3.05) is 11.9 Å². The molecule has 0 unspecified atom stereocenters. The average molecular weight is 386 g/mol. The number of carbonyl (C=O) groups excluding carboxylic acids is 2. The van der Waals surface area contributed by atoms with Gasteiger partial charge in [0, 0.05) is 10.7 Å². The summed E-state index contributed by atoms with van der Waals surface area (Å²) in [6.07, 6.45) is 1.41. The van der Waals surface area contributed by atoms with Crippen LogP contribution >= 0.6 is 11.6 Å². The lowest BCUT2D eigenvalue weighted by Crippen LogP contribution is -2.41. The maximum Gasteiger partial charge on any atom is 0.325 e. The number of carbonyl (C=O) groups is 2. The molecule has 3 aromatic rings. The Morgan fingerprint density at radius 1 is 1.07 bits per heavy atom. The molecular weight excluding hydrogens is 370 g/mol. The maximum atomic E-state index is 12.3. The van der Waals surface area contributed by atoms with E-state index in [9.17, 15) is 14.4 Å². The molecular formula is C18H16ClN5O3. The standard InChI is InChI=1S/C18H16ClN5O3/c19-12-5-7-13(8-6-12)22-18(27)23-16(25)9-20-10-24-11-21-15-4-2-1-3-14(15)17(24)26/h1-8,11,20H,9-10H2,(H2,22,23,25,27). The molecule has 0 aliphatic rings. The smallest absolute Gasteiger partial charge is 0.308 e. The van der Waals surface area contributed by atoms with E-state index in [1.807, 2.05) is 0 Å². The first-order chi connectivity index (χ1) is 13.0. The number of urea groups is 1. The number of halogens is 1. The number of aromatic nitrogens is 2. The summed E-state index contributed by atoms with van der Waals surface area (Å²) in [5, 5.41) is 8.53. The van der Waals surface area contributed by atoms with Gasteiger partial charge in [-0.2, -0.15) is 0 Å². The zero-order valence-corrected chi connectivity index (χ0v) is 14.9. The summed E-state index contributed by atoms with van der Waals surface area (Å²) in [5.74, 6) is -0.539. The second-order valence-electron chi connectivity index (χ2n) is 5.63. The molecule has 0 saturated carbocycles. The third-order valence-electron chi connectivity index (χ3n) is 3.65. The van der Waals surface area contributed by atoms with E-state index in [-0.39, 0.29) is 18.8 Å². The van der Waals surface area contributed by atoms with Crippen LogP contribution in [0.4, 0.5) is 10.5 Å².